The summed E-state index contributed by atoms with van der Waals surface area (Å²) in [5, 5.41) is -0.985. The number of carbonyl (C=O) groups is 1. The Hall–Kier alpha value is -1.67. The molecule has 134 valence electrons. The molecule has 2 unspecified atom stereocenters. The number of hydrogen-bond acceptors (Lipinski definition) is 5. The van der Waals surface area contributed by atoms with Crippen molar-refractivity contribution in [2.24, 2.45) is 0 Å². The molecule has 0 saturated carbocycles. The predicted octanol–water partition coefficient (Wildman–Crippen LogP) is 1.87. The molecule has 0 saturated heterocycles. The Morgan fingerprint density at radius 2 is 2.00 bits per heavy atom. The Labute approximate surface area is 141 Å². The average molecular weight is 358 g/mol. The van der Waals surface area contributed by atoms with Gasteiger partial charge in [-0.15, -0.1) is 0 Å². The summed E-state index contributed by atoms with van der Waals surface area (Å²) in [7, 11) is -3.55. The van der Waals surface area contributed by atoms with Gasteiger partial charge in [0.15, 0.2) is 9.84 Å². The SMILES string of the molecule is CCC(=O)NNC1c2cc(F)ccc2OC(C)(C)C1S(=O)(=O)CC. The second kappa shape index (κ2) is 6.68. The molecular weight excluding hydrogens is 335 g/mol. The van der Waals surface area contributed by atoms with Crippen LogP contribution in [-0.4, -0.2) is 30.9 Å². The molecule has 0 radical (unpaired) electrons. The molecule has 0 fully saturated rings. The third kappa shape index (κ3) is 3.54. The number of sulfone groups is 1. The number of benzene rings is 1. The highest BCUT2D eigenvalue weighted by Crippen LogP contribution is 2.43. The predicted molar refractivity (Wildman–Crippen MR) is 88.7 cm³/mol. The number of rotatable bonds is 5. The first-order valence-corrected chi connectivity index (χ1v) is 9.58. The summed E-state index contributed by atoms with van der Waals surface area (Å²) in [5.74, 6) is -0.481. The van der Waals surface area contributed by atoms with Crippen LogP contribution in [0.2, 0.25) is 0 Å². The van der Waals surface area contributed by atoms with Crippen LogP contribution in [0.1, 0.15) is 45.7 Å². The molecule has 24 heavy (non-hydrogen) atoms. The first-order valence-electron chi connectivity index (χ1n) is 7.86. The van der Waals surface area contributed by atoms with E-state index in [2.05, 4.69) is 10.9 Å². The molecule has 2 rings (SSSR count). The molecule has 1 aromatic carbocycles. The lowest BCUT2D eigenvalue weighted by Gasteiger charge is -2.44. The lowest BCUT2D eigenvalue weighted by Crippen LogP contribution is -2.59. The smallest absolute Gasteiger partial charge is 0.233 e. The average Bonchev–Trinajstić information content (AvgIpc) is 2.51. The summed E-state index contributed by atoms with van der Waals surface area (Å²) in [6, 6.07) is 3.14. The van der Waals surface area contributed by atoms with E-state index in [1.165, 1.54) is 18.2 Å². The van der Waals surface area contributed by atoms with Crippen molar-refractivity contribution in [3.63, 3.8) is 0 Å². The van der Waals surface area contributed by atoms with Gasteiger partial charge in [-0.1, -0.05) is 13.8 Å². The summed E-state index contributed by atoms with van der Waals surface area (Å²) in [5.41, 5.74) is 4.59. The van der Waals surface area contributed by atoms with E-state index >= 15 is 0 Å². The Morgan fingerprint density at radius 1 is 1.33 bits per heavy atom. The van der Waals surface area contributed by atoms with Crippen molar-refractivity contribution in [3.05, 3.63) is 29.6 Å². The highest BCUT2D eigenvalue weighted by molar-refractivity contribution is 7.92. The van der Waals surface area contributed by atoms with Crippen molar-refractivity contribution in [2.45, 2.75) is 51.0 Å². The zero-order valence-electron chi connectivity index (χ0n) is 14.2. The maximum absolute atomic E-state index is 13.7. The van der Waals surface area contributed by atoms with Crippen LogP contribution in [0.15, 0.2) is 18.2 Å². The van der Waals surface area contributed by atoms with Gasteiger partial charge in [0, 0.05) is 17.7 Å². The third-order valence-electron chi connectivity index (χ3n) is 4.15. The zero-order valence-corrected chi connectivity index (χ0v) is 15.0. The molecule has 1 aliphatic rings. The van der Waals surface area contributed by atoms with Crippen molar-refractivity contribution >= 4 is 15.7 Å². The fraction of sp³-hybridized carbons (Fsp3) is 0.562. The van der Waals surface area contributed by atoms with Crippen LogP contribution in [0.3, 0.4) is 0 Å². The van der Waals surface area contributed by atoms with Crippen LogP contribution in [0, 0.1) is 5.82 Å². The van der Waals surface area contributed by atoms with Crippen molar-refractivity contribution in [1.82, 2.24) is 10.9 Å². The lowest BCUT2D eigenvalue weighted by molar-refractivity contribution is -0.122. The zero-order chi connectivity index (χ0) is 18.1. The summed E-state index contributed by atoms with van der Waals surface area (Å²) in [6.45, 7) is 6.58. The molecule has 1 heterocycles. The minimum Gasteiger partial charge on any atom is -0.486 e. The Kier molecular flexibility index (Phi) is 5.19. The Bertz CT molecular complexity index is 734. The number of amides is 1. The Morgan fingerprint density at radius 3 is 2.58 bits per heavy atom. The van der Waals surface area contributed by atoms with Gasteiger partial charge in [-0.25, -0.2) is 18.2 Å². The molecule has 1 aliphatic heterocycles. The number of halogens is 1. The first kappa shape index (κ1) is 18.7. The number of hydrogen-bond donors (Lipinski definition) is 2. The van der Waals surface area contributed by atoms with Gasteiger partial charge in [0.1, 0.15) is 22.4 Å². The van der Waals surface area contributed by atoms with Gasteiger partial charge < -0.3 is 4.74 Å². The molecule has 1 amide bonds. The minimum atomic E-state index is -3.55. The third-order valence-corrected chi connectivity index (χ3v) is 6.56. The van der Waals surface area contributed by atoms with Crippen molar-refractivity contribution in [1.29, 1.82) is 0 Å². The molecule has 6 nitrogen and oxygen atoms in total. The summed E-state index contributed by atoms with van der Waals surface area (Å²) in [4.78, 5) is 11.6. The molecule has 2 N–H and O–H groups in total. The van der Waals surface area contributed by atoms with Crippen LogP contribution in [0.4, 0.5) is 4.39 Å². The number of fused-ring (bicyclic) bond motifs is 1. The van der Waals surface area contributed by atoms with E-state index in [1.54, 1.807) is 27.7 Å². The highest BCUT2D eigenvalue weighted by Gasteiger charge is 2.50. The van der Waals surface area contributed by atoms with Crippen LogP contribution < -0.4 is 15.6 Å². The monoisotopic (exact) mass is 358 g/mol. The molecule has 1 aromatic rings. The fourth-order valence-corrected chi connectivity index (χ4v) is 4.88. The van der Waals surface area contributed by atoms with Gasteiger partial charge >= 0.3 is 0 Å². The van der Waals surface area contributed by atoms with Gasteiger partial charge in [0.25, 0.3) is 0 Å². The van der Waals surface area contributed by atoms with Crippen molar-refractivity contribution in [3.8, 4) is 5.75 Å². The maximum Gasteiger partial charge on any atom is 0.233 e. The molecule has 8 heteroatoms. The lowest BCUT2D eigenvalue weighted by atomic mass is 9.89. The number of carbonyl (C=O) groups excluding carboxylic acids is 1. The summed E-state index contributed by atoms with van der Waals surface area (Å²) < 4.78 is 44.9. The molecule has 0 bridgehead atoms. The largest absolute Gasteiger partial charge is 0.486 e. The van der Waals surface area contributed by atoms with E-state index in [1.807, 2.05) is 0 Å². The highest BCUT2D eigenvalue weighted by atomic mass is 32.2. The maximum atomic E-state index is 13.7. The molecule has 0 aliphatic carbocycles. The van der Waals surface area contributed by atoms with Crippen LogP contribution >= 0.6 is 0 Å². The van der Waals surface area contributed by atoms with Crippen LogP contribution in [-0.2, 0) is 14.6 Å². The molecule has 0 aromatic heterocycles. The molecule has 0 spiro atoms. The van der Waals surface area contributed by atoms with Gasteiger partial charge in [-0.05, 0) is 32.0 Å². The topological polar surface area (TPSA) is 84.5 Å². The van der Waals surface area contributed by atoms with Gasteiger partial charge in [-0.2, -0.15) is 0 Å². The van der Waals surface area contributed by atoms with Crippen LogP contribution in [0.5, 0.6) is 5.75 Å². The van der Waals surface area contributed by atoms with Crippen LogP contribution in [0.25, 0.3) is 0 Å². The van der Waals surface area contributed by atoms with Gasteiger partial charge in [-0.3, -0.25) is 10.2 Å². The van der Waals surface area contributed by atoms with E-state index in [9.17, 15) is 17.6 Å². The van der Waals surface area contributed by atoms with E-state index in [4.69, 9.17) is 4.74 Å². The van der Waals surface area contributed by atoms with E-state index in [0.29, 0.717) is 11.3 Å². The summed E-state index contributed by atoms with van der Waals surface area (Å²) in [6.07, 6.45) is 0.237. The normalized spacial score (nSPS) is 22.4. The second-order valence-corrected chi connectivity index (χ2v) is 8.69. The van der Waals surface area contributed by atoms with E-state index in [0.717, 1.165) is 0 Å². The van der Waals surface area contributed by atoms with E-state index in [-0.39, 0.29) is 18.1 Å². The number of hydrazine groups is 1. The van der Waals surface area contributed by atoms with E-state index < -0.39 is 32.5 Å². The quantitative estimate of drug-likeness (QED) is 0.785. The molecular formula is C16H23FN2O4S. The van der Waals surface area contributed by atoms with Crippen molar-refractivity contribution in [2.75, 3.05) is 5.75 Å². The van der Waals surface area contributed by atoms with Gasteiger partial charge in [0.2, 0.25) is 5.91 Å². The van der Waals surface area contributed by atoms with Gasteiger partial charge in [0.05, 0.1) is 6.04 Å². The number of ether oxygens (including phenoxy) is 1. The fourth-order valence-electron chi connectivity index (χ4n) is 2.98. The van der Waals surface area contributed by atoms with Crippen molar-refractivity contribution < 1.29 is 22.3 Å². The number of nitrogens with one attached hydrogen (secondary N) is 2. The molecule has 2 atom stereocenters. The summed E-state index contributed by atoms with van der Waals surface area (Å²) >= 11 is 0. The minimum absolute atomic E-state index is 0.0883. The standard InChI is InChI=1S/C16H23FN2O4S/c1-5-13(20)18-19-14-11-9-10(17)7-8-12(11)23-16(3,4)15(14)24(21,22)6-2/h7-9,14-15,19H,5-6H2,1-4H3,(H,18,20). The second-order valence-electron chi connectivity index (χ2n) is 6.28. The Balaban J connectivity index is 2.55. The first-order chi connectivity index (χ1) is 11.1.